The lowest BCUT2D eigenvalue weighted by atomic mass is 10.1. The van der Waals surface area contributed by atoms with Crippen molar-refractivity contribution in [3.8, 4) is 5.82 Å². The van der Waals surface area contributed by atoms with Gasteiger partial charge in [0, 0.05) is 72.0 Å². The fraction of sp³-hybridized carbons (Fsp3) is 0.304. The molecule has 1 aliphatic rings. The molecule has 9 nitrogen and oxygen atoms in total. The molecule has 0 aliphatic carbocycles. The summed E-state index contributed by atoms with van der Waals surface area (Å²) in [6.45, 7) is 4.14. The van der Waals surface area contributed by atoms with Crippen LogP contribution in [0.25, 0.3) is 16.7 Å². The third-order valence-electron chi connectivity index (χ3n) is 5.92. The number of nitrogens with one attached hydrogen (secondary N) is 2. The quantitative estimate of drug-likeness (QED) is 0.358. The Kier molecular flexibility index (Phi) is 5.80. The number of nitrogens with zero attached hydrogens (tertiary/aromatic N) is 5. The average molecular weight is 467 g/mol. The molecule has 0 bridgehead atoms. The third-order valence-corrected chi connectivity index (χ3v) is 5.92. The number of aryl methyl sites for hydroxylation is 1. The summed E-state index contributed by atoms with van der Waals surface area (Å²) in [5, 5.41) is 17.8. The SMILES string of the molecule is Cc1nn(-c2ccnc(Nc3ccc4[nH]cc(C(=O)C(F)F)c4c3)n2)cc1CN1CC[C@@H](O)C1. The number of H-pyrrole nitrogens is 1. The van der Waals surface area contributed by atoms with E-state index in [1.807, 2.05) is 13.1 Å². The van der Waals surface area contributed by atoms with Crippen LogP contribution in [0.3, 0.4) is 0 Å². The molecule has 0 saturated carbocycles. The summed E-state index contributed by atoms with van der Waals surface area (Å²) >= 11 is 0. The summed E-state index contributed by atoms with van der Waals surface area (Å²) in [5.74, 6) is -0.369. The zero-order valence-electron chi connectivity index (χ0n) is 18.4. The third kappa shape index (κ3) is 4.39. The number of aliphatic hydroxyl groups excluding tert-OH is 1. The number of aliphatic hydroxyl groups is 1. The van der Waals surface area contributed by atoms with Gasteiger partial charge in [0.25, 0.3) is 0 Å². The smallest absolute Gasteiger partial charge is 0.300 e. The molecule has 4 aromatic rings. The minimum atomic E-state index is -3.08. The Morgan fingerprint density at radius 3 is 2.97 bits per heavy atom. The molecule has 3 N–H and O–H groups in total. The van der Waals surface area contributed by atoms with E-state index in [1.165, 1.54) is 6.20 Å². The van der Waals surface area contributed by atoms with Crippen LogP contribution in [0.1, 0.15) is 28.0 Å². The van der Waals surface area contributed by atoms with E-state index in [2.05, 4.69) is 30.3 Å². The number of β-amino-alcohol motifs (C(OH)–C–C–N with tert-alkyl or cyclic N) is 1. The molecule has 3 aromatic heterocycles. The molecular formula is C23H23F2N7O2. The van der Waals surface area contributed by atoms with Gasteiger partial charge in [-0.05, 0) is 31.5 Å². The first-order valence-electron chi connectivity index (χ1n) is 10.9. The first-order valence-corrected chi connectivity index (χ1v) is 10.9. The molecule has 0 unspecified atom stereocenters. The minimum absolute atomic E-state index is 0.0617. The number of fused-ring (bicyclic) bond motifs is 1. The normalized spacial score (nSPS) is 16.6. The number of benzene rings is 1. The van der Waals surface area contributed by atoms with E-state index >= 15 is 0 Å². The molecule has 11 heteroatoms. The first kappa shape index (κ1) is 22.1. The van der Waals surface area contributed by atoms with Crippen LogP contribution >= 0.6 is 0 Å². The second-order valence-electron chi connectivity index (χ2n) is 8.35. The standard InChI is InChI=1S/C23H23F2N7O2/c1-13-14(10-31-7-5-16(33)12-31)11-32(30-13)20-4-6-26-23(29-20)28-15-2-3-19-17(8-15)18(9-27-19)21(34)22(24)25/h2-4,6,8-9,11,16,22,27,33H,5,7,10,12H2,1H3,(H,26,28,29)/t16-/m1/s1. The number of aromatic nitrogens is 5. The first-order chi connectivity index (χ1) is 16.4. The zero-order valence-corrected chi connectivity index (χ0v) is 18.4. The molecule has 1 fully saturated rings. The molecule has 0 spiro atoms. The van der Waals surface area contributed by atoms with Gasteiger partial charge < -0.3 is 15.4 Å². The molecule has 5 rings (SSSR count). The topological polar surface area (TPSA) is 112 Å². The van der Waals surface area contributed by atoms with E-state index in [0.29, 0.717) is 41.4 Å². The zero-order chi connectivity index (χ0) is 23.8. The van der Waals surface area contributed by atoms with Crippen LogP contribution in [0, 0.1) is 6.92 Å². The maximum absolute atomic E-state index is 12.9. The number of rotatable bonds is 7. The van der Waals surface area contributed by atoms with E-state index in [1.54, 1.807) is 35.1 Å². The molecular weight excluding hydrogens is 444 g/mol. The molecule has 0 radical (unpaired) electrons. The minimum Gasteiger partial charge on any atom is -0.392 e. The summed E-state index contributed by atoms with van der Waals surface area (Å²) in [5.41, 5.74) is 3.00. The number of alkyl halides is 2. The molecule has 1 aromatic carbocycles. The second-order valence-corrected chi connectivity index (χ2v) is 8.35. The predicted molar refractivity (Wildman–Crippen MR) is 122 cm³/mol. The van der Waals surface area contributed by atoms with Gasteiger partial charge >= 0.3 is 6.43 Å². The van der Waals surface area contributed by atoms with Gasteiger partial charge in [-0.3, -0.25) is 9.69 Å². The Hall–Kier alpha value is -3.70. The summed E-state index contributed by atoms with van der Waals surface area (Å²) in [6.07, 6.45) is 2.23. The van der Waals surface area contributed by atoms with Crippen LogP contribution in [0.4, 0.5) is 20.4 Å². The van der Waals surface area contributed by atoms with Crippen molar-refractivity contribution in [3.05, 3.63) is 59.7 Å². The average Bonchev–Trinajstić information content (AvgIpc) is 3.52. The van der Waals surface area contributed by atoms with E-state index in [4.69, 9.17) is 0 Å². The molecule has 1 saturated heterocycles. The van der Waals surface area contributed by atoms with Gasteiger partial charge in [0.1, 0.15) is 0 Å². The van der Waals surface area contributed by atoms with Gasteiger partial charge in [-0.15, -0.1) is 0 Å². The number of aromatic amines is 1. The van der Waals surface area contributed by atoms with E-state index in [9.17, 15) is 18.7 Å². The predicted octanol–water partition coefficient (Wildman–Crippen LogP) is 3.21. The summed E-state index contributed by atoms with van der Waals surface area (Å²) in [6, 6.07) is 6.78. The fourth-order valence-electron chi connectivity index (χ4n) is 4.15. The lowest BCUT2D eigenvalue weighted by Crippen LogP contribution is -2.21. The van der Waals surface area contributed by atoms with Crippen molar-refractivity contribution in [1.82, 2.24) is 29.6 Å². The molecule has 1 aliphatic heterocycles. The maximum atomic E-state index is 12.9. The molecule has 1 atom stereocenters. The molecule has 0 amide bonds. The second kappa shape index (κ2) is 8.92. The summed E-state index contributed by atoms with van der Waals surface area (Å²) < 4.78 is 27.5. The van der Waals surface area contributed by atoms with Gasteiger partial charge in [0.2, 0.25) is 11.7 Å². The van der Waals surface area contributed by atoms with E-state index in [0.717, 1.165) is 24.2 Å². The summed E-state index contributed by atoms with van der Waals surface area (Å²) in [4.78, 5) is 25.6. The van der Waals surface area contributed by atoms with E-state index < -0.39 is 12.2 Å². The molecule has 34 heavy (non-hydrogen) atoms. The number of Topliss-reactive ketones (excluding diaryl/α,β-unsaturated/α-hetero) is 1. The van der Waals surface area contributed by atoms with Crippen LogP contribution in [0.5, 0.6) is 0 Å². The lowest BCUT2D eigenvalue weighted by molar-refractivity contribution is 0.0680. The Balaban J connectivity index is 1.37. The van der Waals surface area contributed by atoms with E-state index in [-0.39, 0.29) is 11.7 Å². The maximum Gasteiger partial charge on any atom is 0.300 e. The van der Waals surface area contributed by atoms with Crippen molar-refractivity contribution >= 4 is 28.3 Å². The highest BCUT2D eigenvalue weighted by atomic mass is 19.3. The number of ketones is 1. The van der Waals surface area contributed by atoms with Crippen molar-refractivity contribution in [2.45, 2.75) is 32.4 Å². The highest BCUT2D eigenvalue weighted by Crippen LogP contribution is 2.26. The van der Waals surface area contributed by atoms with Crippen molar-refractivity contribution in [3.63, 3.8) is 0 Å². The lowest BCUT2D eigenvalue weighted by Gasteiger charge is -2.13. The molecule has 176 valence electrons. The number of carbonyl (C=O) groups excluding carboxylic acids is 1. The van der Waals surface area contributed by atoms with Gasteiger partial charge in [-0.2, -0.15) is 10.1 Å². The van der Waals surface area contributed by atoms with Crippen molar-refractivity contribution in [2.75, 3.05) is 18.4 Å². The summed E-state index contributed by atoms with van der Waals surface area (Å²) in [7, 11) is 0. The van der Waals surface area contributed by atoms with Crippen LogP contribution in [0.2, 0.25) is 0 Å². The fourth-order valence-corrected chi connectivity index (χ4v) is 4.15. The van der Waals surface area contributed by atoms with Crippen molar-refractivity contribution in [1.29, 1.82) is 0 Å². The van der Waals surface area contributed by atoms with Crippen molar-refractivity contribution < 1.29 is 18.7 Å². The largest absolute Gasteiger partial charge is 0.392 e. The Morgan fingerprint density at radius 2 is 2.21 bits per heavy atom. The number of halogens is 2. The van der Waals surface area contributed by atoms with Gasteiger partial charge in [0.05, 0.1) is 11.8 Å². The van der Waals surface area contributed by atoms with Gasteiger partial charge in [0.15, 0.2) is 5.82 Å². The van der Waals surface area contributed by atoms with Crippen LogP contribution in [0.15, 0.2) is 42.9 Å². The van der Waals surface area contributed by atoms with Crippen LogP contribution in [-0.4, -0.2) is 66.1 Å². The highest BCUT2D eigenvalue weighted by molar-refractivity contribution is 6.10. The number of carbonyl (C=O) groups is 1. The number of hydrogen-bond acceptors (Lipinski definition) is 7. The number of anilines is 2. The van der Waals surface area contributed by atoms with Gasteiger partial charge in [-0.1, -0.05) is 0 Å². The van der Waals surface area contributed by atoms with Crippen molar-refractivity contribution in [2.24, 2.45) is 0 Å². The number of hydrogen-bond donors (Lipinski definition) is 3. The number of likely N-dealkylation sites (tertiary alicyclic amines) is 1. The highest BCUT2D eigenvalue weighted by Gasteiger charge is 2.22. The Bertz CT molecular complexity index is 1350. The van der Waals surface area contributed by atoms with Gasteiger partial charge in [-0.25, -0.2) is 18.4 Å². The monoisotopic (exact) mass is 467 g/mol. The van der Waals surface area contributed by atoms with Crippen LogP contribution in [-0.2, 0) is 6.54 Å². The van der Waals surface area contributed by atoms with Crippen LogP contribution < -0.4 is 5.32 Å². The Labute approximate surface area is 193 Å². The molecule has 4 heterocycles. The Morgan fingerprint density at radius 1 is 1.35 bits per heavy atom.